The maximum Gasteiger partial charge on any atom is 0.224 e. The van der Waals surface area contributed by atoms with Crippen molar-refractivity contribution in [2.24, 2.45) is 5.41 Å². The number of carbonyl (C=O) groups is 2. The Hall–Kier alpha value is -4.66. The molecule has 0 aliphatic heterocycles. The van der Waals surface area contributed by atoms with E-state index in [2.05, 4.69) is 67.8 Å². The highest BCUT2D eigenvalue weighted by atomic mass is 16.1. The van der Waals surface area contributed by atoms with Crippen LogP contribution in [0.5, 0.6) is 0 Å². The second-order valence-corrected chi connectivity index (χ2v) is 11.2. The lowest BCUT2D eigenvalue weighted by molar-refractivity contribution is -0.118. The molecule has 0 saturated carbocycles. The van der Waals surface area contributed by atoms with Gasteiger partial charge in [0.15, 0.2) is 0 Å². The minimum Gasteiger partial charge on any atom is -0.326 e. The molecular weight excluding hydrogens is 514 g/mol. The number of rotatable bonds is 12. The molecule has 9 heteroatoms. The van der Waals surface area contributed by atoms with Gasteiger partial charge in [-0.05, 0) is 51.9 Å². The van der Waals surface area contributed by atoms with Gasteiger partial charge >= 0.3 is 0 Å². The van der Waals surface area contributed by atoms with Gasteiger partial charge in [0.05, 0.1) is 11.0 Å². The molecule has 0 radical (unpaired) electrons. The number of carbonyl (C=O) groups excluding carboxylic acids is 2. The van der Waals surface area contributed by atoms with Crippen molar-refractivity contribution in [3.8, 4) is 22.5 Å². The summed E-state index contributed by atoms with van der Waals surface area (Å²) in [4.78, 5) is 28.7. The SMILES string of the molecule is CCCCc1nc2ccc(NC(=O)CC(C)(C)CC=O)cc2n1Cc1ccc(-c2ccccc2-c2nn[nH]n2)cc1. The molecule has 0 bridgehead atoms. The standard InChI is InChI=1S/C32H35N7O2/c1-4-5-10-29-34-27-16-15-24(33-30(41)20-32(2,3)17-18-40)19-28(27)39(29)21-22-11-13-23(14-12-22)25-8-6-7-9-26(25)31-35-37-38-36-31/h6-9,11-16,18-19H,4-5,10,17,20-21H2,1-3H3,(H,33,41)(H,35,36,37,38). The normalized spacial score (nSPS) is 11.6. The molecule has 0 aliphatic carbocycles. The van der Waals surface area contributed by atoms with Gasteiger partial charge in [0.2, 0.25) is 11.7 Å². The van der Waals surface area contributed by atoms with Crippen LogP contribution in [0.4, 0.5) is 5.69 Å². The lowest BCUT2D eigenvalue weighted by Crippen LogP contribution is -2.22. The quantitative estimate of drug-likeness (QED) is 0.178. The van der Waals surface area contributed by atoms with E-state index in [1.165, 1.54) is 0 Å². The first-order chi connectivity index (χ1) is 19.9. The number of benzene rings is 3. The number of imidazole rings is 1. The van der Waals surface area contributed by atoms with Crippen LogP contribution in [0.2, 0.25) is 0 Å². The van der Waals surface area contributed by atoms with Gasteiger partial charge in [0.25, 0.3) is 0 Å². The second-order valence-electron chi connectivity index (χ2n) is 11.2. The van der Waals surface area contributed by atoms with Gasteiger partial charge in [-0.15, -0.1) is 10.2 Å². The van der Waals surface area contributed by atoms with Crippen molar-refractivity contribution < 1.29 is 9.59 Å². The van der Waals surface area contributed by atoms with E-state index < -0.39 is 0 Å². The van der Waals surface area contributed by atoms with Crippen LogP contribution < -0.4 is 5.32 Å². The predicted octanol–water partition coefficient (Wildman–Crippen LogP) is 6.22. The third-order valence-electron chi connectivity index (χ3n) is 7.26. The van der Waals surface area contributed by atoms with Crippen LogP contribution in [0.3, 0.4) is 0 Å². The molecule has 41 heavy (non-hydrogen) atoms. The second kappa shape index (κ2) is 12.2. The largest absolute Gasteiger partial charge is 0.326 e. The zero-order valence-corrected chi connectivity index (χ0v) is 23.7. The summed E-state index contributed by atoms with van der Waals surface area (Å²) < 4.78 is 2.25. The average Bonchev–Trinajstić information content (AvgIpc) is 3.61. The molecule has 0 atom stereocenters. The maximum absolute atomic E-state index is 12.7. The lowest BCUT2D eigenvalue weighted by Gasteiger charge is -2.20. The van der Waals surface area contributed by atoms with Crippen molar-refractivity contribution in [1.82, 2.24) is 30.2 Å². The molecule has 0 spiro atoms. The van der Waals surface area contributed by atoms with E-state index in [0.717, 1.165) is 70.3 Å². The van der Waals surface area contributed by atoms with E-state index in [4.69, 9.17) is 4.98 Å². The van der Waals surface area contributed by atoms with E-state index in [1.54, 1.807) is 0 Å². The van der Waals surface area contributed by atoms with Crippen LogP contribution in [0, 0.1) is 5.41 Å². The van der Waals surface area contributed by atoms with E-state index in [1.807, 2.05) is 50.2 Å². The molecule has 3 aromatic carbocycles. The summed E-state index contributed by atoms with van der Waals surface area (Å²) in [7, 11) is 0. The van der Waals surface area contributed by atoms with Crippen LogP contribution in [0.25, 0.3) is 33.5 Å². The molecule has 5 rings (SSSR count). The Bertz CT molecular complexity index is 1640. The van der Waals surface area contributed by atoms with Crippen molar-refractivity contribution in [2.75, 3.05) is 5.32 Å². The van der Waals surface area contributed by atoms with Gasteiger partial charge in [-0.1, -0.05) is 75.7 Å². The molecule has 0 unspecified atom stereocenters. The number of unbranched alkanes of at least 4 members (excludes halogenated alkanes) is 1. The van der Waals surface area contributed by atoms with Gasteiger partial charge in [-0.2, -0.15) is 5.21 Å². The predicted molar refractivity (Wildman–Crippen MR) is 160 cm³/mol. The number of amides is 1. The fraction of sp³-hybridized carbons (Fsp3) is 0.312. The smallest absolute Gasteiger partial charge is 0.224 e. The van der Waals surface area contributed by atoms with Crippen molar-refractivity contribution in [3.05, 3.63) is 78.1 Å². The fourth-order valence-corrected chi connectivity index (χ4v) is 5.07. The van der Waals surface area contributed by atoms with Gasteiger partial charge in [0, 0.05) is 37.1 Å². The zero-order chi connectivity index (χ0) is 28.8. The molecular formula is C32H35N7O2. The number of fused-ring (bicyclic) bond motifs is 1. The minimum absolute atomic E-state index is 0.106. The Labute approximate surface area is 239 Å². The van der Waals surface area contributed by atoms with Crippen LogP contribution in [-0.4, -0.2) is 42.4 Å². The monoisotopic (exact) mass is 549 g/mol. The number of nitrogens with zero attached hydrogens (tertiary/aromatic N) is 5. The van der Waals surface area contributed by atoms with Gasteiger partial charge < -0.3 is 14.7 Å². The van der Waals surface area contributed by atoms with Crippen LogP contribution in [0.1, 0.15) is 57.8 Å². The lowest BCUT2D eigenvalue weighted by atomic mass is 9.86. The van der Waals surface area contributed by atoms with E-state index >= 15 is 0 Å². The summed E-state index contributed by atoms with van der Waals surface area (Å²) in [5.74, 6) is 1.49. The molecule has 2 heterocycles. The summed E-state index contributed by atoms with van der Waals surface area (Å²) in [5, 5.41) is 17.6. The highest BCUT2D eigenvalue weighted by Gasteiger charge is 2.22. The van der Waals surface area contributed by atoms with Crippen molar-refractivity contribution in [3.63, 3.8) is 0 Å². The summed E-state index contributed by atoms with van der Waals surface area (Å²) in [6.07, 6.45) is 4.49. The van der Waals surface area contributed by atoms with Gasteiger partial charge in [-0.3, -0.25) is 4.79 Å². The molecule has 210 valence electrons. The van der Waals surface area contributed by atoms with Crippen molar-refractivity contribution >= 4 is 28.9 Å². The third-order valence-corrected chi connectivity index (χ3v) is 7.26. The van der Waals surface area contributed by atoms with Gasteiger partial charge in [-0.25, -0.2) is 4.98 Å². The summed E-state index contributed by atoms with van der Waals surface area (Å²) in [6.45, 7) is 6.69. The zero-order valence-electron chi connectivity index (χ0n) is 23.7. The van der Waals surface area contributed by atoms with E-state index in [9.17, 15) is 9.59 Å². The van der Waals surface area contributed by atoms with Crippen LogP contribution in [-0.2, 0) is 22.6 Å². The Kier molecular flexibility index (Phi) is 8.33. The van der Waals surface area contributed by atoms with Crippen LogP contribution in [0.15, 0.2) is 66.7 Å². The first-order valence-corrected chi connectivity index (χ1v) is 14.0. The molecule has 0 saturated heterocycles. The number of aromatic amines is 1. The van der Waals surface area contributed by atoms with E-state index in [0.29, 0.717) is 18.8 Å². The number of hydrogen-bond donors (Lipinski definition) is 2. The Morgan fingerprint density at radius 3 is 2.54 bits per heavy atom. The average molecular weight is 550 g/mol. The summed E-state index contributed by atoms with van der Waals surface area (Å²) >= 11 is 0. The first-order valence-electron chi connectivity index (χ1n) is 14.0. The number of hydrogen-bond acceptors (Lipinski definition) is 6. The Balaban J connectivity index is 1.42. The summed E-state index contributed by atoms with van der Waals surface area (Å²) in [5.41, 5.74) is 6.39. The number of anilines is 1. The first kappa shape index (κ1) is 27.9. The molecule has 2 aromatic heterocycles. The number of aldehydes is 1. The maximum atomic E-state index is 12.7. The number of tetrazole rings is 1. The van der Waals surface area contributed by atoms with Crippen LogP contribution >= 0.6 is 0 Å². The molecule has 1 amide bonds. The molecule has 2 N–H and O–H groups in total. The number of aromatic nitrogens is 6. The minimum atomic E-state index is -0.386. The Morgan fingerprint density at radius 1 is 1.05 bits per heavy atom. The number of aryl methyl sites for hydroxylation is 1. The fourth-order valence-electron chi connectivity index (χ4n) is 5.07. The Morgan fingerprint density at radius 2 is 1.83 bits per heavy atom. The van der Waals surface area contributed by atoms with Gasteiger partial charge in [0.1, 0.15) is 12.1 Å². The number of nitrogens with one attached hydrogen (secondary N) is 2. The third kappa shape index (κ3) is 6.57. The highest BCUT2D eigenvalue weighted by Crippen LogP contribution is 2.31. The number of H-pyrrole nitrogens is 1. The van der Waals surface area contributed by atoms with Crippen molar-refractivity contribution in [1.29, 1.82) is 0 Å². The topological polar surface area (TPSA) is 118 Å². The molecule has 0 aliphatic rings. The highest BCUT2D eigenvalue weighted by molar-refractivity contribution is 5.93. The molecule has 5 aromatic rings. The summed E-state index contributed by atoms with van der Waals surface area (Å²) in [6, 6.07) is 22.4. The molecule has 9 nitrogen and oxygen atoms in total. The van der Waals surface area contributed by atoms with Crippen molar-refractivity contribution in [2.45, 2.75) is 59.4 Å². The molecule has 0 fully saturated rings. The van der Waals surface area contributed by atoms with E-state index in [-0.39, 0.29) is 17.7 Å².